The van der Waals surface area contributed by atoms with Gasteiger partial charge in [0.25, 0.3) is 0 Å². The molecule has 1 aromatic carbocycles. The first-order chi connectivity index (χ1) is 14.8. The van der Waals surface area contributed by atoms with Crippen molar-refractivity contribution in [3.8, 4) is 21.8 Å². The Labute approximate surface area is 186 Å². The molecule has 3 aromatic rings. The molecule has 8 nitrogen and oxygen atoms in total. The first-order valence-corrected chi connectivity index (χ1v) is 11.0. The lowest BCUT2D eigenvalue weighted by Crippen LogP contribution is -2.19. The fourth-order valence-corrected chi connectivity index (χ4v) is 3.80. The SMILES string of the molecule is CC(=O)NCc1ccccc1-c1cc(-c2cnc(NC(C)C)s2)nc(NCC(C)O)n1. The fourth-order valence-electron chi connectivity index (χ4n) is 2.88. The standard InChI is InChI=1S/C22H28N6O2S/c1-13(2)26-22-25-12-20(31-22)19-9-18(27-21(28-19)24-10-14(3)29)17-8-6-5-7-16(17)11-23-15(4)30/h5-9,12-14,29H,10-11H2,1-4H3,(H,23,30)(H,25,26)(H,24,27,28). The van der Waals surface area contributed by atoms with Crippen molar-refractivity contribution < 1.29 is 9.90 Å². The lowest BCUT2D eigenvalue weighted by molar-refractivity contribution is -0.119. The van der Waals surface area contributed by atoms with E-state index in [0.29, 0.717) is 19.0 Å². The highest BCUT2D eigenvalue weighted by Crippen LogP contribution is 2.32. The lowest BCUT2D eigenvalue weighted by Gasteiger charge is -2.13. The molecule has 4 N–H and O–H groups in total. The van der Waals surface area contributed by atoms with Crippen molar-refractivity contribution in [2.24, 2.45) is 0 Å². The molecule has 9 heteroatoms. The van der Waals surface area contributed by atoms with Gasteiger partial charge in [-0.15, -0.1) is 0 Å². The van der Waals surface area contributed by atoms with Crippen molar-refractivity contribution in [2.75, 3.05) is 17.2 Å². The van der Waals surface area contributed by atoms with E-state index in [2.05, 4.69) is 44.7 Å². The summed E-state index contributed by atoms with van der Waals surface area (Å²) in [7, 11) is 0. The summed E-state index contributed by atoms with van der Waals surface area (Å²) < 4.78 is 0. The zero-order valence-corrected chi connectivity index (χ0v) is 19.0. The first kappa shape index (κ1) is 22.6. The van der Waals surface area contributed by atoms with E-state index in [9.17, 15) is 9.90 Å². The second-order valence-corrected chi connectivity index (χ2v) is 8.62. The number of rotatable bonds is 9. The van der Waals surface area contributed by atoms with E-state index in [1.807, 2.05) is 30.3 Å². The maximum atomic E-state index is 11.4. The zero-order chi connectivity index (χ0) is 22.4. The van der Waals surface area contributed by atoms with Gasteiger partial charge in [0.2, 0.25) is 11.9 Å². The van der Waals surface area contributed by atoms with Gasteiger partial charge in [0.1, 0.15) is 0 Å². The van der Waals surface area contributed by atoms with Gasteiger partial charge in [0.05, 0.1) is 22.4 Å². The largest absolute Gasteiger partial charge is 0.392 e. The van der Waals surface area contributed by atoms with Crippen LogP contribution < -0.4 is 16.0 Å². The number of thiazole rings is 1. The third-order valence-electron chi connectivity index (χ3n) is 4.27. The summed E-state index contributed by atoms with van der Waals surface area (Å²) in [5.74, 6) is 0.335. The molecule has 3 rings (SSSR count). The van der Waals surface area contributed by atoms with Gasteiger partial charge < -0.3 is 21.1 Å². The van der Waals surface area contributed by atoms with Crippen LogP contribution in [0.1, 0.15) is 33.3 Å². The van der Waals surface area contributed by atoms with Gasteiger partial charge in [-0.25, -0.2) is 15.0 Å². The van der Waals surface area contributed by atoms with Gasteiger partial charge in [-0.2, -0.15) is 0 Å². The van der Waals surface area contributed by atoms with Crippen LogP contribution in [-0.4, -0.2) is 44.7 Å². The Hall–Kier alpha value is -3.04. The normalized spacial score (nSPS) is 11.9. The minimum absolute atomic E-state index is 0.0905. The maximum Gasteiger partial charge on any atom is 0.223 e. The predicted octanol–water partition coefficient (Wildman–Crippen LogP) is 3.52. The van der Waals surface area contributed by atoms with E-state index in [4.69, 9.17) is 0 Å². The van der Waals surface area contributed by atoms with Crippen molar-refractivity contribution >= 4 is 28.3 Å². The van der Waals surface area contributed by atoms with Gasteiger partial charge in [-0.05, 0) is 32.4 Å². The molecule has 0 radical (unpaired) electrons. The van der Waals surface area contributed by atoms with E-state index in [0.717, 1.165) is 32.5 Å². The highest BCUT2D eigenvalue weighted by Gasteiger charge is 2.14. The summed E-state index contributed by atoms with van der Waals surface area (Å²) in [5.41, 5.74) is 3.33. The Bertz CT molecular complexity index is 1030. The van der Waals surface area contributed by atoms with Crippen LogP contribution in [0.5, 0.6) is 0 Å². The third kappa shape index (κ3) is 6.47. The molecule has 0 aliphatic carbocycles. The summed E-state index contributed by atoms with van der Waals surface area (Å²) in [4.78, 5) is 26.1. The lowest BCUT2D eigenvalue weighted by atomic mass is 10.0. The number of benzene rings is 1. The molecular weight excluding hydrogens is 412 g/mol. The summed E-state index contributed by atoms with van der Waals surface area (Å²) in [5, 5.41) is 19.7. The molecule has 0 aliphatic rings. The molecule has 2 aromatic heterocycles. The molecule has 164 valence electrons. The smallest absolute Gasteiger partial charge is 0.223 e. The first-order valence-electron chi connectivity index (χ1n) is 10.2. The van der Waals surface area contributed by atoms with Crippen LogP contribution in [0, 0.1) is 0 Å². The summed E-state index contributed by atoms with van der Waals surface area (Å²) in [6.45, 7) is 8.06. The molecule has 1 unspecified atom stereocenters. The van der Waals surface area contributed by atoms with E-state index < -0.39 is 6.10 Å². The highest BCUT2D eigenvalue weighted by atomic mass is 32.1. The van der Waals surface area contributed by atoms with Gasteiger partial charge in [-0.1, -0.05) is 35.6 Å². The molecule has 0 aliphatic heterocycles. The van der Waals surface area contributed by atoms with E-state index >= 15 is 0 Å². The van der Waals surface area contributed by atoms with Crippen molar-refractivity contribution in [1.29, 1.82) is 0 Å². The number of aliphatic hydroxyl groups excluding tert-OH is 1. The minimum atomic E-state index is -0.534. The minimum Gasteiger partial charge on any atom is -0.392 e. The van der Waals surface area contributed by atoms with Crippen molar-refractivity contribution in [2.45, 2.75) is 46.4 Å². The van der Waals surface area contributed by atoms with Crippen LogP contribution in [0.2, 0.25) is 0 Å². The summed E-state index contributed by atoms with van der Waals surface area (Å²) in [6, 6.07) is 10.0. The van der Waals surface area contributed by atoms with E-state index in [-0.39, 0.29) is 11.9 Å². The van der Waals surface area contributed by atoms with Crippen LogP contribution >= 0.6 is 11.3 Å². The Balaban J connectivity index is 2.02. The zero-order valence-electron chi connectivity index (χ0n) is 18.1. The number of carbonyl (C=O) groups excluding carboxylic acids is 1. The molecule has 31 heavy (non-hydrogen) atoms. The second-order valence-electron chi connectivity index (χ2n) is 7.59. The number of carbonyl (C=O) groups is 1. The van der Waals surface area contributed by atoms with Gasteiger partial charge in [0.15, 0.2) is 5.13 Å². The Kier molecular flexibility index (Phi) is 7.54. The fraction of sp³-hybridized carbons (Fsp3) is 0.364. The molecule has 0 fully saturated rings. The van der Waals surface area contributed by atoms with Gasteiger partial charge in [-0.3, -0.25) is 4.79 Å². The van der Waals surface area contributed by atoms with Crippen molar-refractivity contribution in [3.63, 3.8) is 0 Å². The number of amides is 1. The average molecular weight is 441 g/mol. The van der Waals surface area contributed by atoms with E-state index in [1.165, 1.54) is 18.3 Å². The van der Waals surface area contributed by atoms with Gasteiger partial charge in [0, 0.05) is 37.8 Å². The van der Waals surface area contributed by atoms with Crippen LogP contribution in [0.25, 0.3) is 21.8 Å². The molecule has 0 spiro atoms. The molecule has 2 heterocycles. The van der Waals surface area contributed by atoms with Crippen molar-refractivity contribution in [3.05, 3.63) is 42.1 Å². The number of nitrogens with zero attached hydrogens (tertiary/aromatic N) is 3. The molecule has 0 saturated heterocycles. The molecule has 1 amide bonds. The average Bonchev–Trinajstić information content (AvgIpc) is 3.18. The Morgan fingerprint density at radius 2 is 1.90 bits per heavy atom. The third-order valence-corrected chi connectivity index (χ3v) is 5.22. The monoisotopic (exact) mass is 440 g/mol. The quantitative estimate of drug-likeness (QED) is 0.403. The molecule has 0 bridgehead atoms. The number of aromatic nitrogens is 3. The van der Waals surface area contributed by atoms with Crippen molar-refractivity contribution in [1.82, 2.24) is 20.3 Å². The number of hydrogen-bond acceptors (Lipinski definition) is 8. The van der Waals surface area contributed by atoms with Crippen LogP contribution in [0.3, 0.4) is 0 Å². The molecule has 1 atom stereocenters. The number of anilines is 2. The van der Waals surface area contributed by atoms with E-state index in [1.54, 1.807) is 13.1 Å². The highest BCUT2D eigenvalue weighted by molar-refractivity contribution is 7.18. The summed E-state index contributed by atoms with van der Waals surface area (Å²) in [6.07, 6.45) is 1.26. The van der Waals surface area contributed by atoms with Gasteiger partial charge >= 0.3 is 0 Å². The van der Waals surface area contributed by atoms with Crippen LogP contribution in [0.15, 0.2) is 36.5 Å². The topological polar surface area (TPSA) is 112 Å². The molecular formula is C22H28N6O2S. The number of aliphatic hydroxyl groups is 1. The number of nitrogens with one attached hydrogen (secondary N) is 3. The Morgan fingerprint density at radius 3 is 2.61 bits per heavy atom. The Morgan fingerprint density at radius 1 is 1.16 bits per heavy atom. The maximum absolute atomic E-state index is 11.4. The second kappa shape index (κ2) is 10.3. The number of hydrogen-bond donors (Lipinski definition) is 4. The summed E-state index contributed by atoms with van der Waals surface area (Å²) >= 11 is 1.52. The van der Waals surface area contributed by atoms with Crippen LogP contribution in [0.4, 0.5) is 11.1 Å². The predicted molar refractivity (Wildman–Crippen MR) is 125 cm³/mol. The molecule has 0 saturated carbocycles. The van der Waals surface area contributed by atoms with Crippen LogP contribution in [-0.2, 0) is 11.3 Å².